The van der Waals surface area contributed by atoms with Crippen molar-refractivity contribution >= 4 is 5.97 Å². The van der Waals surface area contributed by atoms with Gasteiger partial charge in [-0.15, -0.1) is 0 Å². The van der Waals surface area contributed by atoms with Gasteiger partial charge in [-0.2, -0.15) is 0 Å². The van der Waals surface area contributed by atoms with Crippen molar-refractivity contribution in [2.45, 2.75) is 6.92 Å². The number of rotatable bonds is 3. The van der Waals surface area contributed by atoms with Crippen molar-refractivity contribution in [3.05, 3.63) is 35.3 Å². The molecule has 0 saturated carbocycles. The van der Waals surface area contributed by atoms with Crippen molar-refractivity contribution in [1.82, 2.24) is 5.16 Å². The predicted molar refractivity (Wildman–Crippen MR) is 60.1 cm³/mol. The third-order valence-electron chi connectivity index (χ3n) is 2.54. The molecule has 0 fully saturated rings. The maximum Gasteiger partial charge on any atom is 0.358 e. The van der Waals surface area contributed by atoms with Crippen LogP contribution in [0.25, 0.3) is 11.3 Å². The number of benzene rings is 1. The number of aromatic carboxylic acids is 1. The monoisotopic (exact) mass is 251 g/mol. The van der Waals surface area contributed by atoms with E-state index in [1.165, 1.54) is 25.3 Å². The van der Waals surface area contributed by atoms with Crippen molar-refractivity contribution in [1.29, 1.82) is 0 Å². The molecule has 0 atom stereocenters. The van der Waals surface area contributed by atoms with E-state index in [0.29, 0.717) is 16.9 Å². The molecule has 2 rings (SSSR count). The largest absolute Gasteiger partial charge is 0.496 e. The van der Waals surface area contributed by atoms with Gasteiger partial charge >= 0.3 is 5.97 Å². The molecule has 5 nitrogen and oxygen atoms in total. The van der Waals surface area contributed by atoms with Gasteiger partial charge in [-0.3, -0.25) is 0 Å². The quantitative estimate of drug-likeness (QED) is 0.907. The Morgan fingerprint density at radius 3 is 2.78 bits per heavy atom. The second-order valence-corrected chi connectivity index (χ2v) is 3.63. The Morgan fingerprint density at radius 1 is 1.50 bits per heavy atom. The summed E-state index contributed by atoms with van der Waals surface area (Å²) in [6.45, 7) is 1.56. The lowest BCUT2D eigenvalue weighted by atomic mass is 10.1. The van der Waals surface area contributed by atoms with Crippen LogP contribution < -0.4 is 4.74 Å². The Morgan fingerprint density at radius 2 is 2.22 bits per heavy atom. The van der Waals surface area contributed by atoms with E-state index in [1.54, 1.807) is 6.92 Å². The minimum Gasteiger partial charge on any atom is -0.496 e. The lowest BCUT2D eigenvalue weighted by molar-refractivity contribution is 0.0686. The molecule has 0 radical (unpaired) electrons. The van der Waals surface area contributed by atoms with Crippen LogP contribution in [0.3, 0.4) is 0 Å². The van der Waals surface area contributed by atoms with Gasteiger partial charge in [0.1, 0.15) is 11.6 Å². The van der Waals surface area contributed by atoms with Crippen LogP contribution >= 0.6 is 0 Å². The number of carboxylic acids is 1. The topological polar surface area (TPSA) is 72.6 Å². The second-order valence-electron chi connectivity index (χ2n) is 3.63. The van der Waals surface area contributed by atoms with Crippen LogP contribution in [0.2, 0.25) is 0 Å². The number of hydrogen-bond acceptors (Lipinski definition) is 4. The van der Waals surface area contributed by atoms with Gasteiger partial charge in [-0.25, -0.2) is 9.18 Å². The van der Waals surface area contributed by atoms with Crippen molar-refractivity contribution in [3.8, 4) is 17.1 Å². The average Bonchev–Trinajstić information content (AvgIpc) is 2.82. The molecule has 0 saturated heterocycles. The molecular weight excluding hydrogens is 241 g/mol. The molecule has 0 aliphatic heterocycles. The third-order valence-corrected chi connectivity index (χ3v) is 2.54. The normalized spacial score (nSPS) is 10.4. The highest BCUT2D eigenvalue weighted by molar-refractivity contribution is 5.86. The smallest absolute Gasteiger partial charge is 0.358 e. The number of carbonyl (C=O) groups is 1. The summed E-state index contributed by atoms with van der Waals surface area (Å²) < 4.78 is 23.4. The van der Waals surface area contributed by atoms with E-state index in [1.807, 2.05) is 0 Å². The maximum atomic E-state index is 13.4. The number of halogens is 1. The van der Waals surface area contributed by atoms with Gasteiger partial charge in [0.05, 0.1) is 12.7 Å². The van der Waals surface area contributed by atoms with Gasteiger partial charge in [-0.05, 0) is 19.1 Å². The molecule has 0 aliphatic carbocycles. The fourth-order valence-electron chi connectivity index (χ4n) is 1.63. The molecule has 2 aromatic rings. The summed E-state index contributed by atoms with van der Waals surface area (Å²) in [6, 6.07) is 3.97. The number of carboxylic acid groups (broad SMARTS) is 1. The summed E-state index contributed by atoms with van der Waals surface area (Å²) in [5, 5.41) is 12.2. The molecule has 0 aliphatic rings. The average molecular weight is 251 g/mol. The van der Waals surface area contributed by atoms with Crippen molar-refractivity contribution in [3.63, 3.8) is 0 Å². The zero-order chi connectivity index (χ0) is 13.3. The third kappa shape index (κ3) is 1.92. The molecule has 94 valence electrons. The van der Waals surface area contributed by atoms with Gasteiger partial charge in [0.15, 0.2) is 11.5 Å². The summed E-state index contributed by atoms with van der Waals surface area (Å²) in [7, 11) is 1.40. The molecule has 1 aromatic heterocycles. The fraction of sp³-hybridized carbons (Fsp3) is 0.167. The van der Waals surface area contributed by atoms with Gasteiger partial charge in [0.25, 0.3) is 0 Å². The zero-order valence-electron chi connectivity index (χ0n) is 9.73. The molecule has 0 bridgehead atoms. The van der Waals surface area contributed by atoms with E-state index in [0.717, 1.165) is 0 Å². The van der Waals surface area contributed by atoms with Gasteiger partial charge in [-0.1, -0.05) is 5.16 Å². The summed E-state index contributed by atoms with van der Waals surface area (Å²) >= 11 is 0. The molecular formula is C12H10FNO4. The maximum absolute atomic E-state index is 13.4. The first-order valence-corrected chi connectivity index (χ1v) is 5.08. The minimum absolute atomic E-state index is 0.214. The van der Waals surface area contributed by atoms with E-state index in [9.17, 15) is 9.18 Å². The first-order chi connectivity index (χ1) is 8.54. The molecule has 18 heavy (non-hydrogen) atoms. The van der Waals surface area contributed by atoms with E-state index in [-0.39, 0.29) is 11.5 Å². The number of aromatic nitrogens is 1. The molecule has 1 N–H and O–H groups in total. The fourth-order valence-corrected chi connectivity index (χ4v) is 1.63. The number of ether oxygens (including phenoxy) is 1. The highest BCUT2D eigenvalue weighted by Crippen LogP contribution is 2.34. The van der Waals surface area contributed by atoms with Crippen LogP contribution in [0.15, 0.2) is 22.7 Å². The Kier molecular flexibility index (Phi) is 3.01. The van der Waals surface area contributed by atoms with Gasteiger partial charge in [0.2, 0.25) is 0 Å². The van der Waals surface area contributed by atoms with Crippen molar-refractivity contribution in [2.75, 3.05) is 7.11 Å². The Bertz CT molecular complexity index is 606. The molecule has 6 heteroatoms. The summed E-state index contributed by atoms with van der Waals surface area (Å²) in [5.74, 6) is -1.09. The van der Waals surface area contributed by atoms with E-state index < -0.39 is 11.8 Å². The molecule has 0 unspecified atom stereocenters. The van der Waals surface area contributed by atoms with Gasteiger partial charge < -0.3 is 14.4 Å². The van der Waals surface area contributed by atoms with Crippen LogP contribution in [0.1, 0.15) is 16.1 Å². The summed E-state index contributed by atoms with van der Waals surface area (Å²) in [5.41, 5.74) is 0.564. The highest BCUT2D eigenvalue weighted by atomic mass is 19.1. The molecule has 0 spiro atoms. The van der Waals surface area contributed by atoms with Crippen LogP contribution in [0, 0.1) is 12.7 Å². The van der Waals surface area contributed by atoms with Crippen molar-refractivity contribution in [2.24, 2.45) is 0 Å². The van der Waals surface area contributed by atoms with Crippen LogP contribution in [0.4, 0.5) is 4.39 Å². The summed E-state index contributed by atoms with van der Waals surface area (Å²) in [6.07, 6.45) is 0. The first kappa shape index (κ1) is 12.1. The van der Waals surface area contributed by atoms with E-state index in [4.69, 9.17) is 14.4 Å². The second kappa shape index (κ2) is 4.48. The number of methoxy groups -OCH3 is 1. The van der Waals surface area contributed by atoms with Crippen LogP contribution in [-0.2, 0) is 0 Å². The Hall–Kier alpha value is -2.37. The number of nitrogens with zero attached hydrogens (tertiary/aromatic N) is 1. The SMILES string of the molecule is COc1c(-c2cc(C(=O)O)no2)ccc(F)c1C. The molecule has 0 amide bonds. The zero-order valence-corrected chi connectivity index (χ0v) is 9.73. The van der Waals surface area contributed by atoms with Gasteiger partial charge in [0, 0.05) is 11.6 Å². The van der Waals surface area contributed by atoms with Crippen LogP contribution in [0.5, 0.6) is 5.75 Å². The van der Waals surface area contributed by atoms with Crippen LogP contribution in [-0.4, -0.2) is 23.3 Å². The minimum atomic E-state index is -1.19. The first-order valence-electron chi connectivity index (χ1n) is 5.08. The summed E-state index contributed by atoms with van der Waals surface area (Å²) in [4.78, 5) is 10.7. The molecule has 1 aromatic carbocycles. The molecule has 1 heterocycles. The predicted octanol–water partition coefficient (Wildman–Crippen LogP) is 2.50. The lowest BCUT2D eigenvalue weighted by Gasteiger charge is -2.09. The van der Waals surface area contributed by atoms with E-state index in [2.05, 4.69) is 5.16 Å². The van der Waals surface area contributed by atoms with E-state index >= 15 is 0 Å². The Labute approximate surface area is 102 Å². The standard InChI is InChI=1S/C12H10FNO4/c1-6-8(13)4-3-7(11(6)17-2)10-5-9(12(15)16)14-18-10/h3-5H,1-2H3,(H,15,16). The Balaban J connectivity index is 2.56. The van der Waals surface area contributed by atoms with Crippen molar-refractivity contribution < 1.29 is 23.6 Å². The highest BCUT2D eigenvalue weighted by Gasteiger charge is 2.18. The number of hydrogen-bond donors (Lipinski definition) is 1. The lowest BCUT2D eigenvalue weighted by Crippen LogP contribution is -1.95.